The number of nitrogens with zero attached hydrogens (tertiary/aromatic N) is 1. The van der Waals surface area contributed by atoms with Crippen LogP contribution >= 0.6 is 0 Å². The molecule has 2 amide bonds. The molecule has 0 bridgehead atoms. The zero-order valence-corrected chi connectivity index (χ0v) is 12.9. The average molecular weight is 294 g/mol. The van der Waals surface area contributed by atoms with Crippen molar-refractivity contribution < 1.29 is 15.8 Å². The van der Waals surface area contributed by atoms with Crippen LogP contribution < -0.4 is 5.73 Å². The van der Waals surface area contributed by atoms with Gasteiger partial charge in [0.15, 0.2) is 0 Å². The number of hydrogen-bond donors (Lipinski definition) is 1. The fourth-order valence-electron chi connectivity index (χ4n) is 2.25. The number of ether oxygens (including phenoxy) is 1. The lowest BCUT2D eigenvalue weighted by Gasteiger charge is -2.32. The van der Waals surface area contributed by atoms with Crippen LogP contribution in [0.2, 0.25) is 0 Å². The first-order valence-corrected chi connectivity index (χ1v) is 7.08. The molecular weight excluding hydrogens is 268 g/mol. The lowest BCUT2D eigenvalue weighted by Crippen LogP contribution is -2.52. The van der Waals surface area contributed by atoms with E-state index < -0.39 is 18.0 Å². The molecule has 1 aliphatic rings. The highest BCUT2D eigenvalue weighted by Crippen LogP contribution is 2.16. The van der Waals surface area contributed by atoms with Gasteiger partial charge >= 0.3 is 6.09 Å². The summed E-state index contributed by atoms with van der Waals surface area (Å²) in [4.78, 5) is 25.4. The molecule has 0 saturated carbocycles. The maximum Gasteiger partial charge on any atom is 0.410 e. The molecule has 1 heterocycles. The molecule has 0 aromatic heterocycles. The van der Waals surface area contributed by atoms with Crippen LogP contribution in [0.3, 0.4) is 0 Å². The third-order valence-electron chi connectivity index (χ3n) is 3.24. The second-order valence-electron chi connectivity index (χ2n) is 5.68. The van der Waals surface area contributed by atoms with Crippen molar-refractivity contribution in [3.8, 4) is 0 Å². The SMILES string of the molecule is C=C1/C=C\C=C/C(C)CN([C@H](C(N)=O)C(C)C)C(=O)OC1.[HH]. The zero-order valence-electron chi connectivity index (χ0n) is 12.9. The molecular formula is C16H26N2O3. The molecule has 0 aliphatic carbocycles. The summed E-state index contributed by atoms with van der Waals surface area (Å²) in [7, 11) is 0. The van der Waals surface area contributed by atoms with E-state index in [1.165, 1.54) is 4.90 Å². The van der Waals surface area contributed by atoms with Crippen molar-refractivity contribution in [2.24, 2.45) is 17.6 Å². The molecule has 5 nitrogen and oxygen atoms in total. The number of carbonyl (C=O) groups is 2. The van der Waals surface area contributed by atoms with Crippen LogP contribution in [0.4, 0.5) is 4.79 Å². The molecule has 2 atom stereocenters. The van der Waals surface area contributed by atoms with E-state index in [9.17, 15) is 9.59 Å². The van der Waals surface area contributed by atoms with Gasteiger partial charge in [0, 0.05) is 7.97 Å². The van der Waals surface area contributed by atoms with Crippen molar-refractivity contribution >= 4 is 12.0 Å². The highest BCUT2D eigenvalue weighted by Gasteiger charge is 2.32. The predicted molar refractivity (Wildman–Crippen MR) is 84.6 cm³/mol. The maximum absolute atomic E-state index is 12.3. The summed E-state index contributed by atoms with van der Waals surface area (Å²) in [6.45, 7) is 9.96. The monoisotopic (exact) mass is 294 g/mol. The van der Waals surface area contributed by atoms with Gasteiger partial charge in [-0.2, -0.15) is 0 Å². The second kappa shape index (κ2) is 7.67. The number of allylic oxidation sites excluding steroid dienone is 2. The first-order chi connectivity index (χ1) is 9.82. The number of nitrogens with two attached hydrogens (primary N) is 1. The summed E-state index contributed by atoms with van der Waals surface area (Å²) in [6, 6.07) is -0.685. The van der Waals surface area contributed by atoms with Crippen LogP contribution in [-0.2, 0) is 9.53 Å². The summed E-state index contributed by atoms with van der Waals surface area (Å²) in [5.41, 5.74) is 6.14. The summed E-state index contributed by atoms with van der Waals surface area (Å²) in [5, 5.41) is 0. The molecule has 0 aromatic carbocycles. The lowest BCUT2D eigenvalue weighted by atomic mass is 10.0. The third kappa shape index (κ3) is 5.10. The van der Waals surface area contributed by atoms with Crippen LogP contribution in [0.5, 0.6) is 0 Å². The van der Waals surface area contributed by atoms with Gasteiger partial charge in [0.2, 0.25) is 5.91 Å². The fraction of sp³-hybridized carbons (Fsp3) is 0.500. The molecule has 1 unspecified atom stereocenters. The molecule has 2 N–H and O–H groups in total. The van der Waals surface area contributed by atoms with Crippen molar-refractivity contribution in [1.82, 2.24) is 4.90 Å². The zero-order chi connectivity index (χ0) is 16.0. The molecule has 5 heteroatoms. The van der Waals surface area contributed by atoms with Crippen molar-refractivity contribution in [3.63, 3.8) is 0 Å². The minimum Gasteiger partial charge on any atom is -0.445 e. The Bertz CT molecular complexity index is 472. The van der Waals surface area contributed by atoms with Gasteiger partial charge in [-0.25, -0.2) is 4.79 Å². The smallest absolute Gasteiger partial charge is 0.410 e. The Kier molecular flexibility index (Phi) is 6.21. The summed E-state index contributed by atoms with van der Waals surface area (Å²) >= 11 is 0. The van der Waals surface area contributed by atoms with Gasteiger partial charge in [0.1, 0.15) is 12.6 Å². The summed E-state index contributed by atoms with van der Waals surface area (Å²) < 4.78 is 5.23. The van der Waals surface area contributed by atoms with E-state index in [4.69, 9.17) is 10.5 Å². The van der Waals surface area contributed by atoms with E-state index in [1.54, 1.807) is 6.08 Å². The molecule has 118 valence electrons. The largest absolute Gasteiger partial charge is 0.445 e. The van der Waals surface area contributed by atoms with Gasteiger partial charge in [0.05, 0.1) is 0 Å². The molecule has 0 saturated heterocycles. The molecule has 1 rings (SSSR count). The Labute approximate surface area is 127 Å². The first kappa shape index (κ1) is 17.0. The quantitative estimate of drug-likeness (QED) is 0.869. The number of rotatable bonds is 3. The molecule has 21 heavy (non-hydrogen) atoms. The predicted octanol–water partition coefficient (Wildman–Crippen LogP) is 2.50. The molecule has 0 spiro atoms. The molecule has 0 fully saturated rings. The highest BCUT2D eigenvalue weighted by molar-refractivity contribution is 5.84. The van der Waals surface area contributed by atoms with E-state index in [2.05, 4.69) is 6.58 Å². The van der Waals surface area contributed by atoms with Crippen molar-refractivity contribution in [2.75, 3.05) is 13.2 Å². The van der Waals surface area contributed by atoms with Gasteiger partial charge in [-0.1, -0.05) is 51.7 Å². The van der Waals surface area contributed by atoms with Crippen molar-refractivity contribution in [2.45, 2.75) is 26.8 Å². The van der Waals surface area contributed by atoms with Crippen LogP contribution in [0, 0.1) is 11.8 Å². The number of amides is 2. The molecule has 1 aliphatic heterocycles. The minimum absolute atomic E-state index is 0. The van der Waals surface area contributed by atoms with Crippen LogP contribution in [0.25, 0.3) is 0 Å². The maximum atomic E-state index is 12.3. The van der Waals surface area contributed by atoms with Crippen molar-refractivity contribution in [1.29, 1.82) is 0 Å². The Hall–Kier alpha value is -2.04. The van der Waals surface area contributed by atoms with Crippen LogP contribution in [0.1, 0.15) is 22.2 Å². The first-order valence-electron chi connectivity index (χ1n) is 7.08. The Morgan fingerprint density at radius 3 is 2.76 bits per heavy atom. The Morgan fingerprint density at radius 1 is 1.52 bits per heavy atom. The van der Waals surface area contributed by atoms with Crippen molar-refractivity contribution in [3.05, 3.63) is 36.5 Å². The molecule has 0 aromatic rings. The number of primary amides is 1. The number of carbonyl (C=O) groups excluding carboxylic acids is 2. The number of hydrogen-bond acceptors (Lipinski definition) is 3. The van der Waals surface area contributed by atoms with E-state index in [0.717, 1.165) is 0 Å². The van der Waals surface area contributed by atoms with Gasteiger partial charge < -0.3 is 10.5 Å². The average Bonchev–Trinajstić information content (AvgIpc) is 2.40. The Balaban J connectivity index is 0.00000441. The summed E-state index contributed by atoms with van der Waals surface area (Å²) in [5.74, 6) is -0.531. The Morgan fingerprint density at radius 2 is 2.19 bits per heavy atom. The second-order valence-corrected chi connectivity index (χ2v) is 5.68. The standard InChI is InChI=1S/C16H24N2O3.H2/c1-11(2)14(15(17)19)18-9-12(3)7-5-6-8-13(4)10-21-16(18)20;/h5-8,11-12,14H,4,9-10H2,1-3H3,(H2,17,19);1H/b7-5-,8-6-;/t12?,14-;/m0./s1. The van der Waals surface area contributed by atoms with Gasteiger partial charge in [-0.15, -0.1) is 0 Å². The van der Waals surface area contributed by atoms with E-state index in [0.29, 0.717) is 12.1 Å². The van der Waals surface area contributed by atoms with Gasteiger partial charge in [-0.05, 0) is 17.4 Å². The molecule has 0 radical (unpaired) electrons. The topological polar surface area (TPSA) is 72.6 Å². The number of cyclic esters (lactones) is 1. The van der Waals surface area contributed by atoms with Crippen LogP contribution in [-0.4, -0.2) is 36.1 Å². The van der Waals surface area contributed by atoms with E-state index >= 15 is 0 Å². The normalized spacial score (nSPS) is 25.0. The van der Waals surface area contributed by atoms with Gasteiger partial charge in [-0.3, -0.25) is 9.69 Å². The third-order valence-corrected chi connectivity index (χ3v) is 3.24. The summed E-state index contributed by atoms with van der Waals surface area (Å²) in [6.07, 6.45) is 6.98. The highest BCUT2D eigenvalue weighted by atomic mass is 16.6. The van der Waals surface area contributed by atoms with Crippen LogP contribution in [0.15, 0.2) is 36.5 Å². The van der Waals surface area contributed by atoms with E-state index in [1.807, 2.05) is 39.0 Å². The van der Waals surface area contributed by atoms with E-state index in [-0.39, 0.29) is 19.9 Å². The lowest BCUT2D eigenvalue weighted by molar-refractivity contribution is -0.124. The van der Waals surface area contributed by atoms with Gasteiger partial charge in [0.25, 0.3) is 0 Å². The fourth-order valence-corrected chi connectivity index (χ4v) is 2.25. The minimum atomic E-state index is -0.685.